The molecule has 0 radical (unpaired) electrons. The molecule has 6 heteroatoms. The van der Waals surface area contributed by atoms with Crippen LogP contribution < -0.4 is 5.32 Å². The Kier molecular flexibility index (Phi) is 5.71. The van der Waals surface area contributed by atoms with Gasteiger partial charge in [-0.25, -0.2) is 0 Å². The lowest BCUT2D eigenvalue weighted by Crippen LogP contribution is -2.49. The predicted molar refractivity (Wildman–Crippen MR) is 96.7 cm³/mol. The Hall–Kier alpha value is -2.62. The summed E-state index contributed by atoms with van der Waals surface area (Å²) in [6.45, 7) is 6.63. The summed E-state index contributed by atoms with van der Waals surface area (Å²) in [6, 6.07) is 13.7. The molecule has 1 aromatic carbocycles. The van der Waals surface area contributed by atoms with Gasteiger partial charge in [0.05, 0.1) is 24.3 Å². The molecule has 2 heterocycles. The largest absolute Gasteiger partial charge is 0.450 e. The van der Waals surface area contributed by atoms with E-state index in [0.29, 0.717) is 24.5 Å². The maximum atomic E-state index is 12.5. The minimum Gasteiger partial charge on any atom is -0.450 e. The number of nitrogens with one attached hydrogen (secondary N) is 1. The van der Waals surface area contributed by atoms with E-state index >= 15 is 0 Å². The number of hydrogen-bond donors (Lipinski definition) is 1. The van der Waals surface area contributed by atoms with Crippen molar-refractivity contribution in [1.82, 2.24) is 10.2 Å². The van der Waals surface area contributed by atoms with E-state index in [2.05, 4.69) is 29.3 Å². The van der Waals surface area contributed by atoms with Crippen molar-refractivity contribution in [3.8, 4) is 6.07 Å². The van der Waals surface area contributed by atoms with Crippen LogP contribution in [0.1, 0.15) is 40.4 Å². The van der Waals surface area contributed by atoms with Crippen LogP contribution in [-0.4, -0.2) is 43.2 Å². The maximum absolute atomic E-state index is 12.5. The average Bonchev–Trinajstić information content (AvgIpc) is 3.07. The monoisotopic (exact) mass is 353 g/mol. The lowest BCUT2D eigenvalue weighted by Gasteiger charge is -2.41. The highest BCUT2D eigenvalue weighted by atomic mass is 16.5. The third kappa shape index (κ3) is 3.79. The first kappa shape index (κ1) is 18.2. The number of benzene rings is 1. The van der Waals surface area contributed by atoms with Crippen LogP contribution in [0, 0.1) is 18.3 Å². The zero-order chi connectivity index (χ0) is 18.5. The highest BCUT2D eigenvalue weighted by Gasteiger charge is 2.33. The van der Waals surface area contributed by atoms with E-state index in [4.69, 9.17) is 14.4 Å². The summed E-state index contributed by atoms with van der Waals surface area (Å²) in [7, 11) is 0. The Bertz CT molecular complexity index is 794. The van der Waals surface area contributed by atoms with Crippen LogP contribution in [-0.2, 0) is 4.74 Å². The number of furan rings is 1. The van der Waals surface area contributed by atoms with Crippen molar-refractivity contribution in [3.63, 3.8) is 0 Å². The molecule has 1 saturated heterocycles. The SMILES string of the molecule is CCN1CCO[C@@H](CNC(=O)c2cc(C#N)oc2C)[C@@H]1c1ccccc1. The van der Waals surface area contributed by atoms with E-state index in [0.717, 1.165) is 13.1 Å². The molecule has 1 amide bonds. The third-order valence-corrected chi connectivity index (χ3v) is 4.74. The molecular weight excluding hydrogens is 330 g/mol. The molecule has 3 rings (SSSR count). The summed E-state index contributed by atoms with van der Waals surface area (Å²) in [5, 5.41) is 11.8. The molecule has 26 heavy (non-hydrogen) atoms. The topological polar surface area (TPSA) is 78.5 Å². The maximum Gasteiger partial charge on any atom is 0.254 e. The van der Waals surface area contributed by atoms with Crippen molar-refractivity contribution in [2.75, 3.05) is 26.2 Å². The van der Waals surface area contributed by atoms with Crippen LogP contribution >= 0.6 is 0 Å². The van der Waals surface area contributed by atoms with Crippen LogP contribution in [0.3, 0.4) is 0 Å². The number of likely N-dealkylation sites (N-methyl/N-ethyl adjacent to an activating group) is 1. The first-order valence-electron chi connectivity index (χ1n) is 8.83. The molecule has 2 aromatic rings. The Morgan fingerprint density at radius 2 is 2.15 bits per heavy atom. The number of amides is 1. The number of hydrogen-bond acceptors (Lipinski definition) is 5. The van der Waals surface area contributed by atoms with E-state index < -0.39 is 0 Å². The van der Waals surface area contributed by atoms with Gasteiger partial charge in [0, 0.05) is 19.2 Å². The predicted octanol–water partition coefficient (Wildman–Crippen LogP) is 2.65. The zero-order valence-electron chi connectivity index (χ0n) is 15.1. The third-order valence-electron chi connectivity index (χ3n) is 4.74. The number of rotatable bonds is 5. The Morgan fingerprint density at radius 1 is 1.38 bits per heavy atom. The van der Waals surface area contributed by atoms with Crippen molar-refractivity contribution in [2.45, 2.75) is 26.0 Å². The quantitative estimate of drug-likeness (QED) is 0.894. The number of morpholine rings is 1. The minimum atomic E-state index is -0.253. The molecule has 1 aromatic heterocycles. The molecule has 0 aliphatic carbocycles. The summed E-state index contributed by atoms with van der Waals surface area (Å²) in [5.41, 5.74) is 1.57. The van der Waals surface area contributed by atoms with Crippen LogP contribution in [0.2, 0.25) is 0 Å². The first-order valence-corrected chi connectivity index (χ1v) is 8.83. The smallest absolute Gasteiger partial charge is 0.254 e. The molecule has 0 bridgehead atoms. The lowest BCUT2D eigenvalue weighted by atomic mass is 9.97. The van der Waals surface area contributed by atoms with Crippen LogP contribution in [0.4, 0.5) is 0 Å². The van der Waals surface area contributed by atoms with E-state index in [1.54, 1.807) is 6.92 Å². The second-order valence-electron chi connectivity index (χ2n) is 6.30. The second kappa shape index (κ2) is 8.17. The van der Waals surface area contributed by atoms with Gasteiger partial charge in [-0.2, -0.15) is 5.26 Å². The lowest BCUT2D eigenvalue weighted by molar-refractivity contribution is -0.0685. The van der Waals surface area contributed by atoms with Crippen LogP contribution in [0.25, 0.3) is 0 Å². The molecule has 1 aliphatic rings. The van der Waals surface area contributed by atoms with Gasteiger partial charge < -0.3 is 14.5 Å². The number of nitriles is 1. The highest BCUT2D eigenvalue weighted by Crippen LogP contribution is 2.29. The minimum absolute atomic E-state index is 0.0929. The normalized spacial score (nSPS) is 20.5. The van der Waals surface area contributed by atoms with Gasteiger partial charge in [0.2, 0.25) is 5.76 Å². The molecular formula is C20H23N3O3. The molecule has 0 unspecified atom stereocenters. The number of carbonyl (C=O) groups excluding carboxylic acids is 1. The first-order chi connectivity index (χ1) is 12.6. The molecule has 1 fully saturated rings. The summed E-state index contributed by atoms with van der Waals surface area (Å²) in [5.74, 6) is 0.330. The molecule has 1 N–H and O–H groups in total. The Balaban J connectivity index is 1.73. The van der Waals surface area contributed by atoms with Crippen molar-refractivity contribution < 1.29 is 13.9 Å². The van der Waals surface area contributed by atoms with Gasteiger partial charge >= 0.3 is 0 Å². The van der Waals surface area contributed by atoms with Gasteiger partial charge in [-0.1, -0.05) is 37.3 Å². The fourth-order valence-corrected chi connectivity index (χ4v) is 3.44. The van der Waals surface area contributed by atoms with Gasteiger partial charge in [0.15, 0.2) is 0 Å². The van der Waals surface area contributed by atoms with Crippen LogP contribution in [0.15, 0.2) is 40.8 Å². The van der Waals surface area contributed by atoms with Crippen molar-refractivity contribution in [2.24, 2.45) is 0 Å². The summed E-state index contributed by atoms with van der Waals surface area (Å²) in [4.78, 5) is 14.8. The Morgan fingerprint density at radius 3 is 2.81 bits per heavy atom. The fraction of sp³-hybridized carbons (Fsp3) is 0.400. The van der Waals surface area contributed by atoms with Gasteiger partial charge in [-0.05, 0) is 19.0 Å². The molecule has 2 atom stereocenters. The van der Waals surface area contributed by atoms with E-state index in [9.17, 15) is 4.79 Å². The molecule has 136 valence electrons. The van der Waals surface area contributed by atoms with Crippen LogP contribution in [0.5, 0.6) is 0 Å². The van der Waals surface area contributed by atoms with Crippen molar-refractivity contribution in [3.05, 3.63) is 59.0 Å². The molecule has 0 saturated carbocycles. The molecule has 0 spiro atoms. The number of aryl methyl sites for hydroxylation is 1. The zero-order valence-corrected chi connectivity index (χ0v) is 15.1. The Labute approximate surface area is 153 Å². The van der Waals surface area contributed by atoms with E-state index in [1.807, 2.05) is 24.3 Å². The number of nitrogens with zero attached hydrogens (tertiary/aromatic N) is 2. The summed E-state index contributed by atoms with van der Waals surface area (Å²) in [6.07, 6.45) is -0.141. The number of carbonyl (C=O) groups is 1. The molecule has 1 aliphatic heterocycles. The summed E-state index contributed by atoms with van der Waals surface area (Å²) >= 11 is 0. The number of ether oxygens (including phenoxy) is 1. The standard InChI is InChI=1S/C20H23N3O3/c1-3-23-9-10-25-18(19(23)15-7-5-4-6-8-15)13-22-20(24)17-11-16(12-21)26-14(17)2/h4-8,11,18-19H,3,9-10,13H2,1-2H3,(H,22,24)/t18-,19-/m0/s1. The summed E-state index contributed by atoms with van der Waals surface area (Å²) < 4.78 is 11.2. The van der Waals surface area contributed by atoms with E-state index in [1.165, 1.54) is 11.6 Å². The molecule has 6 nitrogen and oxygen atoms in total. The fourth-order valence-electron chi connectivity index (χ4n) is 3.44. The highest BCUT2D eigenvalue weighted by molar-refractivity contribution is 5.95. The van der Waals surface area contributed by atoms with E-state index in [-0.39, 0.29) is 23.8 Å². The van der Waals surface area contributed by atoms with Crippen molar-refractivity contribution in [1.29, 1.82) is 5.26 Å². The van der Waals surface area contributed by atoms with Gasteiger partial charge in [0.1, 0.15) is 11.8 Å². The van der Waals surface area contributed by atoms with Gasteiger partial charge in [-0.3, -0.25) is 9.69 Å². The van der Waals surface area contributed by atoms with Gasteiger partial charge in [0.25, 0.3) is 5.91 Å². The van der Waals surface area contributed by atoms with Crippen molar-refractivity contribution >= 4 is 5.91 Å². The van der Waals surface area contributed by atoms with Gasteiger partial charge in [-0.15, -0.1) is 0 Å². The second-order valence-corrected chi connectivity index (χ2v) is 6.30. The average molecular weight is 353 g/mol.